The Morgan fingerprint density at radius 1 is 0.744 bits per heavy atom. The highest BCUT2D eigenvalue weighted by atomic mass is 32.2. The second-order valence-electron chi connectivity index (χ2n) is 9.85. The maximum atomic E-state index is 13.6. The number of fused-ring (bicyclic) bond motifs is 2. The molecule has 0 spiro atoms. The number of rotatable bonds is 7. The molecule has 6 rings (SSSR count). The third-order valence-corrected chi connectivity index (χ3v) is 8.29. The molecule has 6 heteroatoms. The lowest BCUT2D eigenvalue weighted by atomic mass is 9.96. The smallest absolute Gasteiger partial charge is 0.295 e. The van der Waals surface area contributed by atoms with Gasteiger partial charge in [-0.25, -0.2) is 0 Å². The first-order chi connectivity index (χ1) is 19.0. The third kappa shape index (κ3) is 5.58. The first-order valence-electron chi connectivity index (χ1n) is 13.0. The number of para-hydroxylation sites is 1. The fourth-order valence-electron chi connectivity index (χ4n) is 5.33. The molecule has 1 aliphatic rings. The van der Waals surface area contributed by atoms with E-state index in [4.69, 9.17) is 0 Å². The maximum absolute atomic E-state index is 13.6. The van der Waals surface area contributed by atoms with Crippen molar-refractivity contribution in [3.05, 3.63) is 120 Å². The summed E-state index contributed by atoms with van der Waals surface area (Å²) >= 11 is 1.86. The molecule has 0 unspecified atom stereocenters. The summed E-state index contributed by atoms with van der Waals surface area (Å²) in [5, 5.41) is 0.495. The Hall–Kier alpha value is -3.61. The monoisotopic (exact) mass is 540 g/mol. The van der Waals surface area contributed by atoms with Crippen LogP contribution in [-0.2, 0) is 19.3 Å². The molecule has 2 heterocycles. The van der Waals surface area contributed by atoms with E-state index in [-0.39, 0.29) is 5.52 Å². The van der Waals surface area contributed by atoms with Crippen LogP contribution >= 0.6 is 11.8 Å². The highest BCUT2D eigenvalue weighted by Crippen LogP contribution is 2.38. The summed E-state index contributed by atoms with van der Waals surface area (Å²) in [5.74, 6) is 1.04. The highest BCUT2D eigenvalue weighted by Gasteiger charge is 2.33. The van der Waals surface area contributed by atoms with Crippen molar-refractivity contribution >= 4 is 22.7 Å². The predicted octanol–water partition coefficient (Wildman–Crippen LogP) is 9.09. The number of aromatic nitrogens is 1. The standard InChI is InChI=1S/C33H27F3N2S/c34-33(35,36)31-14-5-13-30-29(15-16-37-32(30)31)25-11-3-9-23(19-25)24-10-4-12-28(20-24)39-18-6-17-38-21-26-7-1-2-8-27(26)22-38/h1-5,7-16,19-20H,6,17-18,21-22H2. The summed E-state index contributed by atoms with van der Waals surface area (Å²) in [6, 6.07) is 31.2. The quantitative estimate of drug-likeness (QED) is 0.151. The van der Waals surface area contributed by atoms with E-state index in [0.29, 0.717) is 5.39 Å². The van der Waals surface area contributed by atoms with Crippen molar-refractivity contribution in [1.29, 1.82) is 0 Å². The van der Waals surface area contributed by atoms with Crippen LogP contribution in [-0.4, -0.2) is 22.2 Å². The van der Waals surface area contributed by atoms with Crippen LogP contribution in [0.3, 0.4) is 0 Å². The van der Waals surface area contributed by atoms with Crippen molar-refractivity contribution in [3.63, 3.8) is 0 Å². The summed E-state index contributed by atoms with van der Waals surface area (Å²) in [7, 11) is 0. The minimum atomic E-state index is -4.45. The molecular formula is C33H27F3N2S. The molecule has 5 aromatic rings. The van der Waals surface area contributed by atoms with Crippen molar-refractivity contribution in [1.82, 2.24) is 9.88 Å². The minimum Gasteiger partial charge on any atom is -0.295 e. The second kappa shape index (κ2) is 10.9. The van der Waals surface area contributed by atoms with E-state index in [2.05, 4.69) is 58.4 Å². The molecule has 0 amide bonds. The van der Waals surface area contributed by atoms with E-state index >= 15 is 0 Å². The van der Waals surface area contributed by atoms with Gasteiger partial charge in [0.2, 0.25) is 0 Å². The number of nitrogens with zero attached hydrogens (tertiary/aromatic N) is 2. The number of benzene rings is 4. The lowest BCUT2D eigenvalue weighted by Gasteiger charge is -2.14. The van der Waals surface area contributed by atoms with Gasteiger partial charge in [-0.1, -0.05) is 66.7 Å². The minimum absolute atomic E-state index is 0.0240. The Morgan fingerprint density at radius 3 is 2.21 bits per heavy atom. The zero-order chi connectivity index (χ0) is 26.8. The molecule has 0 bridgehead atoms. The molecule has 0 radical (unpaired) electrons. The summed E-state index contributed by atoms with van der Waals surface area (Å²) in [6.07, 6.45) is -1.88. The zero-order valence-electron chi connectivity index (χ0n) is 21.3. The van der Waals surface area contributed by atoms with Crippen molar-refractivity contribution in [3.8, 4) is 22.3 Å². The van der Waals surface area contributed by atoms with E-state index in [1.54, 1.807) is 12.1 Å². The lowest BCUT2D eigenvalue weighted by Crippen LogP contribution is -2.18. The van der Waals surface area contributed by atoms with Crippen molar-refractivity contribution < 1.29 is 13.2 Å². The van der Waals surface area contributed by atoms with Gasteiger partial charge in [-0.3, -0.25) is 9.88 Å². The highest BCUT2D eigenvalue weighted by molar-refractivity contribution is 7.99. The van der Waals surface area contributed by atoms with Gasteiger partial charge >= 0.3 is 6.18 Å². The average molecular weight is 541 g/mol. The van der Waals surface area contributed by atoms with Crippen molar-refractivity contribution in [2.45, 2.75) is 30.6 Å². The molecule has 0 saturated carbocycles. The molecule has 1 aromatic heterocycles. The third-order valence-electron chi connectivity index (χ3n) is 7.21. The van der Waals surface area contributed by atoms with Gasteiger partial charge in [-0.05, 0) is 82.4 Å². The van der Waals surface area contributed by atoms with Crippen LogP contribution in [0.5, 0.6) is 0 Å². The Morgan fingerprint density at radius 2 is 1.44 bits per heavy atom. The molecule has 0 N–H and O–H groups in total. The number of hydrogen-bond acceptors (Lipinski definition) is 3. The first kappa shape index (κ1) is 25.7. The Bertz CT molecular complexity index is 1600. The summed E-state index contributed by atoms with van der Waals surface area (Å²) in [6.45, 7) is 3.16. The summed E-state index contributed by atoms with van der Waals surface area (Å²) in [5.41, 5.74) is 5.88. The second-order valence-corrected chi connectivity index (χ2v) is 11.0. The normalized spacial score (nSPS) is 13.6. The topological polar surface area (TPSA) is 16.1 Å². The molecule has 39 heavy (non-hydrogen) atoms. The van der Waals surface area contributed by atoms with Crippen LogP contribution in [0.25, 0.3) is 33.2 Å². The Balaban J connectivity index is 1.16. The van der Waals surface area contributed by atoms with Gasteiger partial charge in [0.15, 0.2) is 0 Å². The van der Waals surface area contributed by atoms with Crippen molar-refractivity contribution in [2.24, 2.45) is 0 Å². The molecule has 0 aliphatic carbocycles. The molecule has 1 aliphatic heterocycles. The van der Waals surface area contributed by atoms with Crippen LogP contribution < -0.4 is 0 Å². The van der Waals surface area contributed by atoms with Crippen LogP contribution in [0.4, 0.5) is 13.2 Å². The van der Waals surface area contributed by atoms with Gasteiger partial charge in [-0.15, -0.1) is 11.8 Å². The number of hydrogen-bond donors (Lipinski definition) is 0. The molecule has 2 nitrogen and oxygen atoms in total. The summed E-state index contributed by atoms with van der Waals surface area (Å²) < 4.78 is 40.7. The molecule has 0 fully saturated rings. The molecule has 0 saturated heterocycles. The lowest BCUT2D eigenvalue weighted by molar-refractivity contribution is -0.136. The number of alkyl halides is 3. The fraction of sp³-hybridized carbons (Fsp3) is 0.182. The molecular weight excluding hydrogens is 513 g/mol. The number of pyridine rings is 1. The van der Waals surface area contributed by atoms with E-state index in [1.807, 2.05) is 36.0 Å². The van der Waals surface area contributed by atoms with E-state index in [1.165, 1.54) is 28.3 Å². The van der Waals surface area contributed by atoms with Gasteiger partial charge in [0.25, 0.3) is 0 Å². The van der Waals surface area contributed by atoms with Crippen LogP contribution in [0, 0.1) is 0 Å². The predicted molar refractivity (Wildman–Crippen MR) is 154 cm³/mol. The van der Waals surface area contributed by atoms with Crippen molar-refractivity contribution in [2.75, 3.05) is 12.3 Å². The SMILES string of the molecule is FC(F)(F)c1cccc2c(-c3cccc(-c4cccc(SCCCN5Cc6ccccc6C5)c4)c3)ccnc12. The number of thioether (sulfide) groups is 1. The largest absolute Gasteiger partial charge is 0.418 e. The molecule has 4 aromatic carbocycles. The maximum Gasteiger partial charge on any atom is 0.418 e. The first-order valence-corrected chi connectivity index (χ1v) is 14.0. The van der Waals surface area contributed by atoms with Gasteiger partial charge in [0.05, 0.1) is 11.1 Å². The zero-order valence-corrected chi connectivity index (χ0v) is 22.1. The molecule has 196 valence electrons. The van der Waals surface area contributed by atoms with Gasteiger partial charge in [0.1, 0.15) is 0 Å². The fourth-order valence-corrected chi connectivity index (χ4v) is 6.22. The van der Waals surface area contributed by atoms with Crippen LogP contribution in [0.15, 0.2) is 108 Å². The Kier molecular flexibility index (Phi) is 7.15. The van der Waals surface area contributed by atoms with Gasteiger partial charge in [0, 0.05) is 29.6 Å². The van der Waals surface area contributed by atoms with Crippen LogP contribution in [0.2, 0.25) is 0 Å². The number of halogens is 3. The van der Waals surface area contributed by atoms with Crippen LogP contribution in [0.1, 0.15) is 23.1 Å². The Labute approximate surface area is 230 Å². The van der Waals surface area contributed by atoms with E-state index < -0.39 is 11.7 Å². The van der Waals surface area contributed by atoms with Gasteiger partial charge < -0.3 is 0 Å². The van der Waals surface area contributed by atoms with Gasteiger partial charge in [-0.2, -0.15) is 13.2 Å². The average Bonchev–Trinajstić information content (AvgIpc) is 3.37. The van der Waals surface area contributed by atoms with E-state index in [0.717, 1.165) is 60.1 Å². The summed E-state index contributed by atoms with van der Waals surface area (Å²) in [4.78, 5) is 7.79. The van der Waals surface area contributed by atoms with E-state index in [9.17, 15) is 13.2 Å². The molecule has 0 atom stereocenters.